The van der Waals surface area contributed by atoms with Crippen LogP contribution in [-0.2, 0) is 14.3 Å². The molecule has 0 radical (unpaired) electrons. The predicted octanol–water partition coefficient (Wildman–Crippen LogP) is 2.10. The lowest BCUT2D eigenvalue weighted by Gasteiger charge is -2.17. The highest BCUT2D eigenvalue weighted by molar-refractivity contribution is 5.95. The maximum atomic E-state index is 12.1. The van der Waals surface area contributed by atoms with E-state index < -0.39 is 6.10 Å². The van der Waals surface area contributed by atoms with E-state index in [-0.39, 0.29) is 12.0 Å². The number of nitrogens with two attached hydrogens (primary N) is 1. The molecular formula is C15H22N2O3. The minimum atomic E-state index is -0.514. The van der Waals surface area contributed by atoms with E-state index in [1.807, 2.05) is 25.1 Å². The molecule has 0 spiro atoms. The second-order valence-electron chi connectivity index (χ2n) is 5.12. The van der Waals surface area contributed by atoms with Gasteiger partial charge < -0.3 is 20.5 Å². The number of nitrogen functional groups attached to an aromatic ring is 1. The van der Waals surface area contributed by atoms with Crippen LogP contribution in [0.2, 0.25) is 0 Å². The summed E-state index contributed by atoms with van der Waals surface area (Å²) in [5, 5.41) is 2.84. The molecule has 1 aliphatic heterocycles. The van der Waals surface area contributed by atoms with Gasteiger partial charge in [-0.25, -0.2) is 0 Å². The van der Waals surface area contributed by atoms with Crippen LogP contribution in [0.5, 0.6) is 0 Å². The van der Waals surface area contributed by atoms with Crippen LogP contribution in [0.3, 0.4) is 0 Å². The first-order valence-electron chi connectivity index (χ1n) is 6.97. The first kappa shape index (κ1) is 14.8. The Hall–Kier alpha value is -1.59. The molecule has 2 rings (SSSR count). The first-order chi connectivity index (χ1) is 9.58. The second-order valence-corrected chi connectivity index (χ2v) is 5.12. The number of carbonyl (C=O) groups is 1. The lowest BCUT2D eigenvalue weighted by molar-refractivity contribution is -0.128. The van der Waals surface area contributed by atoms with Gasteiger partial charge in [-0.15, -0.1) is 0 Å². The minimum Gasteiger partial charge on any atom is -0.398 e. The van der Waals surface area contributed by atoms with Crippen molar-refractivity contribution in [3.63, 3.8) is 0 Å². The van der Waals surface area contributed by atoms with Crippen molar-refractivity contribution < 1.29 is 14.3 Å². The monoisotopic (exact) mass is 278 g/mol. The molecule has 1 amide bonds. The molecule has 1 aromatic carbocycles. The Morgan fingerprint density at radius 1 is 1.60 bits per heavy atom. The van der Waals surface area contributed by atoms with Crippen LogP contribution in [-0.4, -0.2) is 31.3 Å². The average molecular weight is 278 g/mol. The molecular weight excluding hydrogens is 256 g/mol. The van der Waals surface area contributed by atoms with Gasteiger partial charge in [-0.3, -0.25) is 4.79 Å². The summed E-state index contributed by atoms with van der Waals surface area (Å²) >= 11 is 0. The highest BCUT2D eigenvalue weighted by atomic mass is 16.5. The van der Waals surface area contributed by atoms with Gasteiger partial charge in [0.2, 0.25) is 0 Å². The quantitative estimate of drug-likeness (QED) is 0.809. The standard InChI is InChI=1S/C15H22N2O3/c1-10-13(16)6-3-7-14(10)17-15(18)11(2)20-9-12-5-4-8-19-12/h3,6-7,11-12H,4-5,8-9,16H2,1-2H3,(H,17,18). The third-order valence-corrected chi connectivity index (χ3v) is 3.56. The Kier molecular flexibility index (Phi) is 4.98. The topological polar surface area (TPSA) is 73.6 Å². The Labute approximate surface area is 119 Å². The molecule has 2 unspecified atom stereocenters. The van der Waals surface area contributed by atoms with Crippen LogP contribution in [0.25, 0.3) is 0 Å². The van der Waals surface area contributed by atoms with E-state index in [2.05, 4.69) is 5.32 Å². The van der Waals surface area contributed by atoms with Gasteiger partial charge in [0.05, 0.1) is 12.7 Å². The zero-order valence-corrected chi connectivity index (χ0v) is 12.0. The number of ether oxygens (including phenoxy) is 2. The van der Waals surface area contributed by atoms with Crippen molar-refractivity contribution in [1.29, 1.82) is 0 Å². The molecule has 1 aromatic rings. The van der Waals surface area contributed by atoms with Crippen molar-refractivity contribution in [2.24, 2.45) is 0 Å². The molecule has 0 saturated carbocycles. The zero-order valence-electron chi connectivity index (χ0n) is 12.0. The van der Waals surface area contributed by atoms with Crippen molar-refractivity contribution in [3.05, 3.63) is 23.8 Å². The molecule has 110 valence electrons. The fraction of sp³-hybridized carbons (Fsp3) is 0.533. The van der Waals surface area contributed by atoms with Crippen LogP contribution in [0.4, 0.5) is 11.4 Å². The summed E-state index contributed by atoms with van der Waals surface area (Å²) in [4.78, 5) is 12.1. The van der Waals surface area contributed by atoms with E-state index in [0.717, 1.165) is 30.7 Å². The van der Waals surface area contributed by atoms with Crippen molar-refractivity contribution in [2.45, 2.75) is 38.9 Å². The van der Waals surface area contributed by atoms with Gasteiger partial charge in [0, 0.05) is 18.0 Å². The lowest BCUT2D eigenvalue weighted by atomic mass is 10.1. The maximum Gasteiger partial charge on any atom is 0.253 e. The van der Waals surface area contributed by atoms with Crippen LogP contribution in [0.1, 0.15) is 25.3 Å². The largest absolute Gasteiger partial charge is 0.398 e. The maximum absolute atomic E-state index is 12.1. The van der Waals surface area contributed by atoms with Gasteiger partial charge in [-0.2, -0.15) is 0 Å². The highest BCUT2D eigenvalue weighted by Gasteiger charge is 2.20. The number of hydrogen-bond donors (Lipinski definition) is 2. The highest BCUT2D eigenvalue weighted by Crippen LogP contribution is 2.21. The molecule has 0 aromatic heterocycles. The summed E-state index contributed by atoms with van der Waals surface area (Å²) in [6, 6.07) is 5.45. The fourth-order valence-electron chi connectivity index (χ4n) is 2.13. The summed E-state index contributed by atoms with van der Waals surface area (Å²) in [6.45, 7) is 4.87. The van der Waals surface area contributed by atoms with Crippen LogP contribution < -0.4 is 11.1 Å². The van der Waals surface area contributed by atoms with Gasteiger partial charge >= 0.3 is 0 Å². The van der Waals surface area contributed by atoms with Crippen molar-refractivity contribution in [2.75, 3.05) is 24.3 Å². The van der Waals surface area contributed by atoms with Crippen LogP contribution >= 0.6 is 0 Å². The van der Waals surface area contributed by atoms with E-state index in [1.165, 1.54) is 0 Å². The van der Waals surface area contributed by atoms with E-state index in [1.54, 1.807) is 6.92 Å². The third kappa shape index (κ3) is 3.71. The number of nitrogens with one attached hydrogen (secondary N) is 1. The summed E-state index contributed by atoms with van der Waals surface area (Å²) in [7, 11) is 0. The zero-order chi connectivity index (χ0) is 14.5. The van der Waals surface area contributed by atoms with Crippen LogP contribution in [0, 0.1) is 6.92 Å². The van der Waals surface area contributed by atoms with E-state index in [0.29, 0.717) is 12.3 Å². The number of benzene rings is 1. The van der Waals surface area contributed by atoms with E-state index >= 15 is 0 Å². The van der Waals surface area contributed by atoms with E-state index in [4.69, 9.17) is 15.2 Å². The molecule has 0 aliphatic carbocycles. The Bertz CT molecular complexity index is 470. The van der Waals surface area contributed by atoms with E-state index in [9.17, 15) is 4.79 Å². The van der Waals surface area contributed by atoms with Gasteiger partial charge in [-0.1, -0.05) is 6.07 Å². The smallest absolute Gasteiger partial charge is 0.253 e. The summed E-state index contributed by atoms with van der Waals surface area (Å²) in [5.41, 5.74) is 8.07. The van der Waals surface area contributed by atoms with Crippen LogP contribution in [0.15, 0.2) is 18.2 Å². The minimum absolute atomic E-state index is 0.124. The number of rotatable bonds is 5. The Balaban J connectivity index is 1.85. The molecule has 1 fully saturated rings. The molecule has 1 heterocycles. The molecule has 5 heteroatoms. The lowest BCUT2D eigenvalue weighted by Crippen LogP contribution is -2.30. The Morgan fingerprint density at radius 3 is 3.10 bits per heavy atom. The summed E-state index contributed by atoms with van der Waals surface area (Å²) in [6.07, 6.45) is 1.68. The molecule has 0 bridgehead atoms. The predicted molar refractivity (Wildman–Crippen MR) is 78.6 cm³/mol. The van der Waals surface area contributed by atoms with Gasteiger partial charge in [-0.05, 0) is 44.4 Å². The summed E-state index contributed by atoms with van der Waals surface area (Å²) < 4.78 is 11.0. The summed E-state index contributed by atoms with van der Waals surface area (Å²) in [5.74, 6) is -0.170. The molecule has 5 nitrogen and oxygen atoms in total. The number of hydrogen-bond acceptors (Lipinski definition) is 4. The van der Waals surface area contributed by atoms with Crippen molar-refractivity contribution >= 4 is 17.3 Å². The Morgan fingerprint density at radius 2 is 2.40 bits per heavy atom. The number of anilines is 2. The number of carbonyl (C=O) groups excluding carboxylic acids is 1. The first-order valence-corrected chi connectivity index (χ1v) is 6.97. The molecule has 20 heavy (non-hydrogen) atoms. The molecule has 1 saturated heterocycles. The molecule has 3 N–H and O–H groups in total. The van der Waals surface area contributed by atoms with Gasteiger partial charge in [0.15, 0.2) is 0 Å². The average Bonchev–Trinajstić information content (AvgIpc) is 2.94. The normalized spacial score (nSPS) is 19.8. The fourth-order valence-corrected chi connectivity index (χ4v) is 2.13. The molecule has 1 aliphatic rings. The number of amides is 1. The van der Waals surface area contributed by atoms with Crippen molar-refractivity contribution in [1.82, 2.24) is 0 Å². The van der Waals surface area contributed by atoms with Gasteiger partial charge in [0.25, 0.3) is 5.91 Å². The van der Waals surface area contributed by atoms with Crippen molar-refractivity contribution in [3.8, 4) is 0 Å². The van der Waals surface area contributed by atoms with Gasteiger partial charge in [0.1, 0.15) is 6.10 Å². The molecule has 2 atom stereocenters. The SMILES string of the molecule is Cc1c(N)cccc1NC(=O)C(C)OCC1CCCO1. The third-order valence-electron chi connectivity index (χ3n) is 3.56. The second kappa shape index (κ2) is 6.72.